The van der Waals surface area contributed by atoms with Crippen LogP contribution in [0.4, 0.5) is 0 Å². The first kappa shape index (κ1) is 14.2. The Morgan fingerprint density at radius 3 is 2.53 bits per heavy atom. The van der Waals surface area contributed by atoms with Gasteiger partial charge in [0.05, 0.1) is 0 Å². The van der Waals surface area contributed by atoms with Gasteiger partial charge in [-0.25, -0.2) is 0 Å². The number of rotatable bonds is 6. The summed E-state index contributed by atoms with van der Waals surface area (Å²) in [5.74, 6) is 6.09. The molecule has 1 rings (SSSR count). The van der Waals surface area contributed by atoms with Crippen LogP contribution in [0.1, 0.15) is 38.3 Å². The maximum absolute atomic E-state index is 3.52. The molecule has 0 heterocycles. The molecule has 0 saturated heterocycles. The molecule has 0 saturated carbocycles. The predicted molar refractivity (Wildman–Crippen MR) is 77.3 cm³/mol. The highest BCUT2D eigenvalue weighted by atomic mass is 32.2. The average Bonchev–Trinajstić information content (AvgIpc) is 2.38. The fourth-order valence-electron chi connectivity index (χ4n) is 1.81. The summed E-state index contributed by atoms with van der Waals surface area (Å²) >= 11 is 1.78. The summed E-state index contributed by atoms with van der Waals surface area (Å²) in [7, 11) is 0. The van der Waals surface area contributed by atoms with Crippen LogP contribution in [-0.2, 0) is 0 Å². The summed E-state index contributed by atoms with van der Waals surface area (Å²) in [6.07, 6.45) is 4.14. The van der Waals surface area contributed by atoms with Gasteiger partial charge in [0.25, 0.3) is 0 Å². The second-order valence-electron chi connectivity index (χ2n) is 3.85. The van der Waals surface area contributed by atoms with Gasteiger partial charge in [-0.05, 0) is 43.8 Å². The van der Waals surface area contributed by atoms with Crippen LogP contribution < -0.4 is 5.32 Å². The van der Waals surface area contributed by atoms with Crippen molar-refractivity contribution in [3.63, 3.8) is 0 Å². The van der Waals surface area contributed by atoms with E-state index in [0.29, 0.717) is 6.04 Å². The standard InChI is InChI=1S/C15H21NS/c1-4-6-7-8-15(16-5-2)13-9-11-14(17-3)12-10-13/h9-12,15-16H,5,7-8H2,1-3H3. The molecule has 17 heavy (non-hydrogen) atoms. The quantitative estimate of drug-likeness (QED) is 0.605. The Kier molecular flexibility index (Phi) is 6.84. The molecule has 0 aliphatic carbocycles. The van der Waals surface area contributed by atoms with Crippen molar-refractivity contribution >= 4 is 11.8 Å². The number of hydrogen-bond donors (Lipinski definition) is 1. The number of nitrogens with one attached hydrogen (secondary N) is 1. The summed E-state index contributed by atoms with van der Waals surface area (Å²) in [6, 6.07) is 9.25. The second-order valence-corrected chi connectivity index (χ2v) is 4.73. The van der Waals surface area contributed by atoms with Gasteiger partial charge in [-0.2, -0.15) is 0 Å². The Morgan fingerprint density at radius 2 is 2.00 bits per heavy atom. The van der Waals surface area contributed by atoms with Gasteiger partial charge < -0.3 is 5.32 Å². The van der Waals surface area contributed by atoms with E-state index >= 15 is 0 Å². The maximum atomic E-state index is 3.52. The van der Waals surface area contributed by atoms with Gasteiger partial charge in [-0.1, -0.05) is 19.1 Å². The van der Waals surface area contributed by atoms with Crippen LogP contribution >= 0.6 is 11.8 Å². The zero-order valence-corrected chi connectivity index (χ0v) is 11.7. The van der Waals surface area contributed by atoms with Crippen molar-refractivity contribution in [2.75, 3.05) is 12.8 Å². The fraction of sp³-hybridized carbons (Fsp3) is 0.467. The topological polar surface area (TPSA) is 12.0 Å². The van der Waals surface area contributed by atoms with Crippen molar-refractivity contribution in [3.05, 3.63) is 29.8 Å². The highest BCUT2D eigenvalue weighted by molar-refractivity contribution is 7.98. The van der Waals surface area contributed by atoms with Crippen LogP contribution in [0, 0.1) is 11.8 Å². The molecule has 0 amide bonds. The minimum atomic E-state index is 0.428. The molecule has 0 spiro atoms. The summed E-state index contributed by atoms with van der Waals surface area (Å²) in [4.78, 5) is 1.32. The zero-order valence-electron chi connectivity index (χ0n) is 10.9. The van der Waals surface area contributed by atoms with Gasteiger partial charge in [0.15, 0.2) is 0 Å². The molecule has 2 heteroatoms. The van der Waals surface area contributed by atoms with E-state index in [0.717, 1.165) is 19.4 Å². The van der Waals surface area contributed by atoms with Crippen molar-refractivity contribution in [2.24, 2.45) is 0 Å². The maximum Gasteiger partial charge on any atom is 0.0329 e. The normalized spacial score (nSPS) is 11.7. The van der Waals surface area contributed by atoms with Crippen LogP contribution in [-0.4, -0.2) is 12.8 Å². The monoisotopic (exact) mass is 247 g/mol. The van der Waals surface area contributed by atoms with Crippen LogP contribution in [0.5, 0.6) is 0 Å². The molecule has 1 atom stereocenters. The molecule has 0 aliphatic heterocycles. The van der Waals surface area contributed by atoms with Gasteiger partial charge in [0.2, 0.25) is 0 Å². The van der Waals surface area contributed by atoms with Crippen molar-refractivity contribution in [1.29, 1.82) is 0 Å². The van der Waals surface area contributed by atoms with Crippen LogP contribution in [0.3, 0.4) is 0 Å². The first-order valence-corrected chi connectivity index (χ1v) is 7.31. The molecule has 1 aromatic rings. The van der Waals surface area contributed by atoms with E-state index in [1.54, 1.807) is 11.8 Å². The lowest BCUT2D eigenvalue weighted by Gasteiger charge is -2.17. The molecular formula is C15H21NS. The average molecular weight is 247 g/mol. The Hall–Kier alpha value is -0.910. The smallest absolute Gasteiger partial charge is 0.0329 e. The van der Waals surface area contributed by atoms with Crippen molar-refractivity contribution < 1.29 is 0 Å². The van der Waals surface area contributed by atoms with E-state index in [1.165, 1.54) is 10.5 Å². The third kappa shape index (κ3) is 4.85. The van der Waals surface area contributed by atoms with Gasteiger partial charge >= 0.3 is 0 Å². The molecular weight excluding hydrogens is 226 g/mol. The molecule has 0 fully saturated rings. The van der Waals surface area contributed by atoms with Crippen molar-refractivity contribution in [1.82, 2.24) is 5.32 Å². The van der Waals surface area contributed by atoms with E-state index < -0.39 is 0 Å². The van der Waals surface area contributed by atoms with Crippen LogP contribution in [0.2, 0.25) is 0 Å². The Labute approximate surface area is 109 Å². The third-order valence-corrected chi connectivity index (χ3v) is 3.45. The summed E-state index contributed by atoms with van der Waals surface area (Å²) in [5, 5.41) is 3.52. The third-order valence-electron chi connectivity index (χ3n) is 2.70. The molecule has 1 unspecified atom stereocenters. The second kappa shape index (κ2) is 8.22. The van der Waals surface area contributed by atoms with Gasteiger partial charge in [0, 0.05) is 17.4 Å². The molecule has 0 aromatic heterocycles. The number of hydrogen-bond acceptors (Lipinski definition) is 2. The first-order chi connectivity index (χ1) is 8.31. The highest BCUT2D eigenvalue weighted by Gasteiger charge is 2.08. The largest absolute Gasteiger partial charge is 0.310 e. The molecule has 1 N–H and O–H groups in total. The highest BCUT2D eigenvalue weighted by Crippen LogP contribution is 2.22. The first-order valence-electron chi connectivity index (χ1n) is 6.08. The van der Waals surface area contributed by atoms with E-state index in [9.17, 15) is 0 Å². The molecule has 0 radical (unpaired) electrons. The lowest BCUT2D eigenvalue weighted by atomic mass is 10.0. The lowest BCUT2D eigenvalue weighted by Crippen LogP contribution is -2.20. The summed E-state index contributed by atoms with van der Waals surface area (Å²) in [5.41, 5.74) is 1.36. The van der Waals surface area contributed by atoms with Crippen LogP contribution in [0.15, 0.2) is 29.2 Å². The van der Waals surface area contributed by atoms with E-state index in [-0.39, 0.29) is 0 Å². The number of thioether (sulfide) groups is 1. The SMILES string of the molecule is CC#CCCC(NCC)c1ccc(SC)cc1. The van der Waals surface area contributed by atoms with Crippen LogP contribution in [0.25, 0.3) is 0 Å². The van der Waals surface area contributed by atoms with Gasteiger partial charge in [-0.3, -0.25) is 0 Å². The zero-order chi connectivity index (χ0) is 12.5. The van der Waals surface area contributed by atoms with Crippen molar-refractivity contribution in [2.45, 2.75) is 37.6 Å². The fourth-order valence-corrected chi connectivity index (χ4v) is 2.22. The minimum absolute atomic E-state index is 0.428. The summed E-state index contributed by atoms with van der Waals surface area (Å²) < 4.78 is 0. The van der Waals surface area contributed by atoms with E-state index in [2.05, 4.69) is 54.6 Å². The molecule has 0 aliphatic rings. The number of benzene rings is 1. The van der Waals surface area contributed by atoms with E-state index in [1.807, 2.05) is 6.92 Å². The van der Waals surface area contributed by atoms with Gasteiger partial charge in [0.1, 0.15) is 0 Å². The van der Waals surface area contributed by atoms with E-state index in [4.69, 9.17) is 0 Å². The minimum Gasteiger partial charge on any atom is -0.310 e. The molecule has 1 nitrogen and oxygen atoms in total. The Balaban J connectivity index is 2.69. The van der Waals surface area contributed by atoms with Crippen molar-refractivity contribution in [3.8, 4) is 11.8 Å². The Morgan fingerprint density at radius 1 is 1.29 bits per heavy atom. The predicted octanol–water partition coefficient (Wildman–Crippen LogP) is 3.86. The lowest BCUT2D eigenvalue weighted by molar-refractivity contribution is 0.522. The molecule has 0 bridgehead atoms. The Bertz CT molecular complexity index is 372. The molecule has 1 aromatic carbocycles. The summed E-state index contributed by atoms with van der Waals surface area (Å²) in [6.45, 7) is 5.04. The van der Waals surface area contributed by atoms with Gasteiger partial charge in [-0.15, -0.1) is 23.6 Å². The molecule has 92 valence electrons.